The van der Waals surface area contributed by atoms with Gasteiger partial charge in [0.25, 0.3) is 0 Å². The maximum Gasteiger partial charge on any atom is 0.140 e. The molecule has 4 nitrogen and oxygen atoms in total. The van der Waals surface area contributed by atoms with E-state index in [0.717, 1.165) is 31.7 Å². The van der Waals surface area contributed by atoms with E-state index in [1.165, 1.54) is 12.1 Å². The van der Waals surface area contributed by atoms with E-state index in [9.17, 15) is 9.50 Å². The molecule has 1 aromatic rings. The first-order valence-electron chi connectivity index (χ1n) is 6.01. The molecule has 0 saturated carbocycles. The molecule has 1 aliphatic rings. The lowest BCUT2D eigenvalue weighted by Crippen LogP contribution is -2.46. The third-order valence-corrected chi connectivity index (χ3v) is 3.26. The van der Waals surface area contributed by atoms with Crippen molar-refractivity contribution in [3.05, 3.63) is 35.1 Å². The van der Waals surface area contributed by atoms with Crippen LogP contribution in [0.5, 0.6) is 0 Å². The molecule has 1 saturated heterocycles. The monoisotopic (exact) mass is 285 g/mol. The topological polar surface area (TPSA) is 59.3 Å². The highest BCUT2D eigenvalue weighted by Gasteiger charge is 2.22. The molecule has 0 aliphatic carbocycles. The van der Waals surface area contributed by atoms with E-state index < -0.39 is 5.82 Å². The predicted molar refractivity (Wildman–Crippen MR) is 72.6 cm³/mol. The van der Waals surface area contributed by atoms with E-state index in [1.54, 1.807) is 6.07 Å². The van der Waals surface area contributed by atoms with Crippen LogP contribution in [-0.4, -0.2) is 42.8 Å². The Morgan fingerprint density at radius 3 is 2.68 bits per heavy atom. The van der Waals surface area contributed by atoms with Crippen molar-refractivity contribution in [2.75, 3.05) is 32.8 Å². The number of hydrogen-bond acceptors (Lipinski definition) is 4. The summed E-state index contributed by atoms with van der Waals surface area (Å²) < 4.78 is 13.3. The molecule has 0 bridgehead atoms. The van der Waals surface area contributed by atoms with Crippen LogP contribution in [0.3, 0.4) is 0 Å². The fourth-order valence-electron chi connectivity index (χ4n) is 2.26. The largest absolute Gasteiger partial charge is 0.394 e. The summed E-state index contributed by atoms with van der Waals surface area (Å²) in [5, 5.41) is 21.6. The van der Waals surface area contributed by atoms with Gasteiger partial charge in [-0.1, -0.05) is 6.07 Å². The third kappa shape index (κ3) is 3.64. The van der Waals surface area contributed by atoms with E-state index in [0.29, 0.717) is 0 Å². The second kappa shape index (κ2) is 7.41. The fourth-order valence-corrected chi connectivity index (χ4v) is 2.26. The van der Waals surface area contributed by atoms with Gasteiger partial charge >= 0.3 is 0 Å². The smallest absolute Gasteiger partial charge is 0.140 e. The lowest BCUT2D eigenvalue weighted by atomic mass is 10.0. The zero-order valence-corrected chi connectivity index (χ0v) is 11.3. The summed E-state index contributed by atoms with van der Waals surface area (Å²) in [4.78, 5) is 2.14. The average Bonchev–Trinajstić information content (AvgIpc) is 2.42. The Balaban J connectivity index is 0.00000180. The van der Waals surface area contributed by atoms with E-state index in [-0.39, 0.29) is 30.6 Å². The summed E-state index contributed by atoms with van der Waals surface area (Å²) in [6.45, 7) is 3.40. The van der Waals surface area contributed by atoms with Crippen molar-refractivity contribution in [3.63, 3.8) is 0 Å². The van der Waals surface area contributed by atoms with Crippen LogP contribution >= 0.6 is 12.4 Å². The van der Waals surface area contributed by atoms with E-state index >= 15 is 0 Å². The Morgan fingerprint density at radius 2 is 2.11 bits per heavy atom. The molecule has 6 heteroatoms. The van der Waals surface area contributed by atoms with Gasteiger partial charge in [0, 0.05) is 26.2 Å². The average molecular weight is 286 g/mol. The minimum absolute atomic E-state index is 0. The SMILES string of the molecule is Cl.N#Cc1cc([C@@H](CO)N2CCNCC2)ccc1F. The highest BCUT2D eigenvalue weighted by atomic mass is 35.5. The van der Waals surface area contributed by atoms with Gasteiger partial charge in [-0.2, -0.15) is 5.26 Å². The lowest BCUT2D eigenvalue weighted by Gasteiger charge is -2.34. The molecule has 2 N–H and O–H groups in total. The van der Waals surface area contributed by atoms with Gasteiger partial charge in [0.1, 0.15) is 11.9 Å². The highest BCUT2D eigenvalue weighted by molar-refractivity contribution is 5.85. The molecule has 1 atom stereocenters. The number of halogens is 2. The van der Waals surface area contributed by atoms with Gasteiger partial charge in [0.05, 0.1) is 18.2 Å². The van der Waals surface area contributed by atoms with Crippen LogP contribution in [0.2, 0.25) is 0 Å². The van der Waals surface area contributed by atoms with Crippen molar-refractivity contribution >= 4 is 12.4 Å². The van der Waals surface area contributed by atoms with Crippen molar-refractivity contribution in [1.29, 1.82) is 5.26 Å². The van der Waals surface area contributed by atoms with Crippen molar-refractivity contribution < 1.29 is 9.50 Å². The number of rotatable bonds is 3. The van der Waals surface area contributed by atoms with Crippen LogP contribution in [-0.2, 0) is 0 Å². The van der Waals surface area contributed by atoms with E-state index in [1.807, 2.05) is 6.07 Å². The van der Waals surface area contributed by atoms with Crippen molar-refractivity contribution in [2.45, 2.75) is 6.04 Å². The molecular formula is C13H17ClFN3O. The second-order valence-electron chi connectivity index (χ2n) is 4.34. The molecule has 1 aromatic carbocycles. The van der Waals surface area contributed by atoms with Gasteiger partial charge in [0.2, 0.25) is 0 Å². The molecule has 104 valence electrons. The van der Waals surface area contributed by atoms with Gasteiger partial charge in [-0.3, -0.25) is 4.90 Å². The number of nitrogens with one attached hydrogen (secondary N) is 1. The van der Waals surface area contributed by atoms with E-state index in [2.05, 4.69) is 10.2 Å². The number of nitrogens with zero attached hydrogens (tertiary/aromatic N) is 2. The van der Waals surface area contributed by atoms with Crippen LogP contribution in [0.4, 0.5) is 4.39 Å². The first-order valence-corrected chi connectivity index (χ1v) is 6.01. The lowest BCUT2D eigenvalue weighted by molar-refractivity contribution is 0.111. The van der Waals surface area contributed by atoms with Gasteiger partial charge in [-0.05, 0) is 17.7 Å². The standard InChI is InChI=1S/C13H16FN3O.ClH/c14-12-2-1-10(7-11(12)8-15)13(9-18)17-5-3-16-4-6-17;/h1-2,7,13,16,18H,3-6,9H2;1H/t13-;/m1./s1. The summed E-state index contributed by atoms with van der Waals surface area (Å²) in [6, 6.07) is 6.12. The molecular weight excluding hydrogens is 269 g/mol. The zero-order valence-electron chi connectivity index (χ0n) is 10.5. The zero-order chi connectivity index (χ0) is 13.0. The fraction of sp³-hybridized carbons (Fsp3) is 0.462. The highest BCUT2D eigenvalue weighted by Crippen LogP contribution is 2.22. The molecule has 0 aromatic heterocycles. The van der Waals surface area contributed by atoms with Gasteiger partial charge < -0.3 is 10.4 Å². The first kappa shape index (κ1) is 15.9. The van der Waals surface area contributed by atoms with Crippen LogP contribution < -0.4 is 5.32 Å². The summed E-state index contributed by atoms with van der Waals surface area (Å²) in [6.07, 6.45) is 0. The Labute approximate surface area is 118 Å². The summed E-state index contributed by atoms with van der Waals surface area (Å²) in [7, 11) is 0. The number of aliphatic hydroxyl groups excluding tert-OH is 1. The Bertz CT molecular complexity index is 458. The molecule has 0 amide bonds. The molecule has 0 unspecified atom stereocenters. The summed E-state index contributed by atoms with van der Waals surface area (Å²) in [5.74, 6) is -0.516. The molecule has 19 heavy (non-hydrogen) atoms. The Morgan fingerprint density at radius 1 is 1.42 bits per heavy atom. The van der Waals surface area contributed by atoms with Gasteiger partial charge in [0.15, 0.2) is 0 Å². The van der Waals surface area contributed by atoms with E-state index in [4.69, 9.17) is 5.26 Å². The minimum atomic E-state index is -0.516. The molecule has 1 fully saturated rings. The molecule has 2 rings (SSSR count). The molecule has 0 spiro atoms. The summed E-state index contributed by atoms with van der Waals surface area (Å²) in [5.41, 5.74) is 0.818. The quantitative estimate of drug-likeness (QED) is 0.872. The number of nitriles is 1. The maximum atomic E-state index is 13.3. The predicted octanol–water partition coefficient (Wildman–Crippen LogP) is 1.06. The molecule has 1 aliphatic heterocycles. The Hall–Kier alpha value is -1.19. The normalized spacial score (nSPS) is 17.3. The van der Waals surface area contributed by atoms with Gasteiger partial charge in [-0.15, -0.1) is 12.4 Å². The molecule has 0 radical (unpaired) electrons. The van der Waals surface area contributed by atoms with Crippen LogP contribution in [0.15, 0.2) is 18.2 Å². The number of aliphatic hydroxyl groups is 1. The Kier molecular flexibility index (Phi) is 6.19. The first-order chi connectivity index (χ1) is 8.76. The second-order valence-corrected chi connectivity index (χ2v) is 4.34. The number of hydrogen-bond donors (Lipinski definition) is 2. The van der Waals surface area contributed by atoms with Crippen molar-refractivity contribution in [1.82, 2.24) is 10.2 Å². The molecule has 1 heterocycles. The van der Waals surface area contributed by atoms with Crippen molar-refractivity contribution in [2.24, 2.45) is 0 Å². The maximum absolute atomic E-state index is 13.3. The van der Waals surface area contributed by atoms with Crippen LogP contribution in [0, 0.1) is 17.1 Å². The van der Waals surface area contributed by atoms with Crippen LogP contribution in [0.25, 0.3) is 0 Å². The summed E-state index contributed by atoms with van der Waals surface area (Å²) >= 11 is 0. The van der Waals surface area contributed by atoms with Gasteiger partial charge in [-0.25, -0.2) is 4.39 Å². The number of benzene rings is 1. The van der Waals surface area contributed by atoms with Crippen LogP contribution in [0.1, 0.15) is 17.2 Å². The number of piperazine rings is 1. The minimum Gasteiger partial charge on any atom is -0.394 e. The third-order valence-electron chi connectivity index (χ3n) is 3.26. The van der Waals surface area contributed by atoms with Crippen molar-refractivity contribution in [3.8, 4) is 6.07 Å².